The fourth-order valence-corrected chi connectivity index (χ4v) is 2.62. The van der Waals surface area contributed by atoms with Gasteiger partial charge < -0.3 is 15.7 Å². The number of fused-ring (bicyclic) bond motifs is 3. The zero-order chi connectivity index (χ0) is 8.55. The lowest BCUT2D eigenvalue weighted by Crippen LogP contribution is -2.52. The van der Waals surface area contributed by atoms with Crippen LogP contribution in [0.15, 0.2) is 0 Å². The van der Waals surface area contributed by atoms with Crippen LogP contribution in [0.25, 0.3) is 0 Å². The van der Waals surface area contributed by atoms with Crippen molar-refractivity contribution >= 4 is 0 Å². The summed E-state index contributed by atoms with van der Waals surface area (Å²) in [4.78, 5) is 2.45. The lowest BCUT2D eigenvalue weighted by atomic mass is 9.76. The maximum absolute atomic E-state index is 9.65. The van der Waals surface area contributed by atoms with Crippen molar-refractivity contribution in [3.63, 3.8) is 0 Å². The molecule has 3 heterocycles. The van der Waals surface area contributed by atoms with E-state index in [1.165, 1.54) is 25.9 Å². The lowest BCUT2D eigenvalue weighted by molar-refractivity contribution is -0.0210. The van der Waals surface area contributed by atoms with Crippen molar-refractivity contribution in [3.8, 4) is 0 Å². The van der Waals surface area contributed by atoms with Crippen LogP contribution < -0.4 is 5.73 Å². The molecule has 70 valence electrons. The van der Waals surface area contributed by atoms with Crippen LogP contribution in [0.4, 0.5) is 0 Å². The first-order valence-electron chi connectivity index (χ1n) is 4.91. The smallest absolute Gasteiger partial charge is 0.0705 e. The number of nitrogens with zero attached hydrogens (tertiary/aromatic N) is 1. The van der Waals surface area contributed by atoms with E-state index in [1.54, 1.807) is 0 Å². The molecular formula is C9H18N2O. The molecule has 3 aliphatic rings. The number of aliphatic hydroxyl groups excluding tert-OH is 1. The van der Waals surface area contributed by atoms with E-state index in [1.807, 2.05) is 0 Å². The molecule has 3 N–H and O–H groups in total. The Morgan fingerprint density at radius 1 is 1.42 bits per heavy atom. The lowest BCUT2D eigenvalue weighted by Gasteiger charge is -2.46. The maximum Gasteiger partial charge on any atom is 0.0705 e. The van der Waals surface area contributed by atoms with E-state index in [2.05, 4.69) is 4.90 Å². The van der Waals surface area contributed by atoms with Gasteiger partial charge in [0.2, 0.25) is 0 Å². The van der Waals surface area contributed by atoms with E-state index in [9.17, 15) is 5.11 Å². The summed E-state index contributed by atoms with van der Waals surface area (Å²) in [5, 5.41) is 9.65. The van der Waals surface area contributed by atoms with E-state index >= 15 is 0 Å². The third-order valence-corrected chi connectivity index (χ3v) is 3.44. The van der Waals surface area contributed by atoms with Crippen molar-refractivity contribution in [2.75, 3.05) is 26.2 Å². The highest BCUT2D eigenvalue weighted by Crippen LogP contribution is 2.33. The molecule has 0 spiro atoms. The summed E-state index contributed by atoms with van der Waals surface area (Å²) in [5.41, 5.74) is 5.47. The zero-order valence-corrected chi connectivity index (χ0v) is 7.45. The van der Waals surface area contributed by atoms with Gasteiger partial charge >= 0.3 is 0 Å². The SMILES string of the molecule is NCC(O)C1CN2CCC1CC2. The second-order valence-corrected chi connectivity index (χ2v) is 4.10. The van der Waals surface area contributed by atoms with Crippen LogP contribution in [0.1, 0.15) is 12.8 Å². The van der Waals surface area contributed by atoms with Gasteiger partial charge in [-0.3, -0.25) is 0 Å². The largest absolute Gasteiger partial charge is 0.391 e. The van der Waals surface area contributed by atoms with E-state index in [0.717, 1.165) is 12.5 Å². The highest BCUT2D eigenvalue weighted by molar-refractivity contribution is 4.90. The molecule has 3 nitrogen and oxygen atoms in total. The Morgan fingerprint density at radius 3 is 2.50 bits per heavy atom. The Bertz CT molecular complexity index is 155. The molecule has 2 atom stereocenters. The summed E-state index contributed by atoms with van der Waals surface area (Å²) in [6.07, 6.45) is 2.27. The number of aliphatic hydroxyl groups is 1. The van der Waals surface area contributed by atoms with Crippen LogP contribution in [-0.2, 0) is 0 Å². The van der Waals surface area contributed by atoms with Gasteiger partial charge in [-0.25, -0.2) is 0 Å². The second kappa shape index (κ2) is 3.32. The molecular weight excluding hydrogens is 152 g/mol. The van der Waals surface area contributed by atoms with Gasteiger partial charge in [0.15, 0.2) is 0 Å². The molecule has 0 saturated carbocycles. The summed E-state index contributed by atoms with van der Waals surface area (Å²) in [6.45, 7) is 3.97. The summed E-state index contributed by atoms with van der Waals surface area (Å²) >= 11 is 0. The van der Waals surface area contributed by atoms with E-state index in [0.29, 0.717) is 12.5 Å². The maximum atomic E-state index is 9.65. The van der Waals surface area contributed by atoms with Gasteiger partial charge in [-0.2, -0.15) is 0 Å². The summed E-state index contributed by atoms with van der Waals surface area (Å²) in [7, 11) is 0. The zero-order valence-electron chi connectivity index (χ0n) is 7.45. The molecule has 0 aromatic rings. The van der Waals surface area contributed by atoms with Crippen LogP contribution in [0.2, 0.25) is 0 Å². The van der Waals surface area contributed by atoms with Crippen molar-refractivity contribution in [2.24, 2.45) is 17.6 Å². The van der Waals surface area contributed by atoms with E-state index in [4.69, 9.17) is 5.73 Å². The molecule has 3 saturated heterocycles. The molecule has 12 heavy (non-hydrogen) atoms. The number of piperidine rings is 3. The standard InChI is InChI=1S/C9H18N2O/c10-5-9(12)8-6-11-3-1-7(8)2-4-11/h7-9,12H,1-6,10H2. The van der Waals surface area contributed by atoms with Gasteiger partial charge in [0, 0.05) is 19.0 Å². The first kappa shape index (κ1) is 8.48. The van der Waals surface area contributed by atoms with Crippen LogP contribution in [0.3, 0.4) is 0 Å². The third-order valence-electron chi connectivity index (χ3n) is 3.44. The highest BCUT2D eigenvalue weighted by atomic mass is 16.3. The second-order valence-electron chi connectivity index (χ2n) is 4.10. The monoisotopic (exact) mass is 170 g/mol. The van der Waals surface area contributed by atoms with Gasteiger partial charge in [0.1, 0.15) is 0 Å². The Hall–Kier alpha value is -0.120. The Kier molecular flexibility index (Phi) is 2.35. The molecule has 0 aliphatic carbocycles. The Morgan fingerprint density at radius 2 is 2.08 bits per heavy atom. The van der Waals surface area contributed by atoms with E-state index in [-0.39, 0.29) is 6.10 Å². The number of hydrogen-bond acceptors (Lipinski definition) is 3. The van der Waals surface area contributed by atoms with Crippen LogP contribution >= 0.6 is 0 Å². The van der Waals surface area contributed by atoms with Crippen LogP contribution in [0, 0.1) is 11.8 Å². The topological polar surface area (TPSA) is 49.5 Å². The average Bonchev–Trinajstić information content (AvgIpc) is 2.18. The predicted octanol–water partition coefficient (Wildman–Crippen LogP) is -0.352. The predicted molar refractivity (Wildman–Crippen MR) is 47.7 cm³/mol. The third kappa shape index (κ3) is 1.37. The Balaban J connectivity index is 1.99. The minimum Gasteiger partial charge on any atom is -0.391 e. The quantitative estimate of drug-likeness (QED) is 0.595. The molecule has 3 rings (SSSR count). The summed E-state index contributed by atoms with van der Waals surface area (Å²) in [6, 6.07) is 0. The first-order chi connectivity index (χ1) is 5.81. The van der Waals surface area contributed by atoms with Crippen LogP contribution in [0.5, 0.6) is 0 Å². The Labute approximate surface area is 73.5 Å². The highest BCUT2D eigenvalue weighted by Gasteiger charge is 2.37. The molecule has 3 heteroatoms. The fraction of sp³-hybridized carbons (Fsp3) is 1.00. The first-order valence-corrected chi connectivity index (χ1v) is 4.91. The molecule has 0 radical (unpaired) electrons. The molecule has 2 unspecified atom stereocenters. The van der Waals surface area contributed by atoms with Crippen molar-refractivity contribution in [3.05, 3.63) is 0 Å². The van der Waals surface area contributed by atoms with E-state index < -0.39 is 0 Å². The molecule has 0 aromatic heterocycles. The summed E-state index contributed by atoms with van der Waals surface area (Å²) in [5.74, 6) is 1.20. The van der Waals surface area contributed by atoms with Gasteiger partial charge in [-0.05, 0) is 31.8 Å². The molecule has 2 bridgehead atoms. The van der Waals surface area contributed by atoms with Gasteiger partial charge in [0.05, 0.1) is 6.10 Å². The minimum atomic E-state index is -0.266. The number of nitrogens with two attached hydrogens (primary N) is 1. The summed E-state index contributed by atoms with van der Waals surface area (Å²) < 4.78 is 0. The number of rotatable bonds is 2. The van der Waals surface area contributed by atoms with Crippen molar-refractivity contribution in [1.82, 2.24) is 4.90 Å². The van der Waals surface area contributed by atoms with Crippen molar-refractivity contribution in [1.29, 1.82) is 0 Å². The molecule has 3 fully saturated rings. The fourth-order valence-electron chi connectivity index (χ4n) is 2.62. The van der Waals surface area contributed by atoms with Gasteiger partial charge in [-0.15, -0.1) is 0 Å². The van der Waals surface area contributed by atoms with Crippen molar-refractivity contribution < 1.29 is 5.11 Å². The van der Waals surface area contributed by atoms with Gasteiger partial charge in [0.25, 0.3) is 0 Å². The van der Waals surface area contributed by atoms with Crippen molar-refractivity contribution in [2.45, 2.75) is 18.9 Å². The molecule has 0 aromatic carbocycles. The van der Waals surface area contributed by atoms with Crippen LogP contribution in [-0.4, -0.2) is 42.3 Å². The average molecular weight is 170 g/mol. The minimum absolute atomic E-state index is 0.266. The molecule has 0 amide bonds. The molecule has 3 aliphatic heterocycles. The van der Waals surface area contributed by atoms with Gasteiger partial charge in [-0.1, -0.05) is 0 Å². The normalized spacial score (nSPS) is 43.0. The number of hydrogen-bond donors (Lipinski definition) is 2.